The van der Waals surface area contributed by atoms with Crippen LogP contribution in [0.15, 0.2) is 42.5 Å². The van der Waals surface area contributed by atoms with E-state index in [0.29, 0.717) is 29.2 Å². The van der Waals surface area contributed by atoms with Crippen LogP contribution in [0.4, 0.5) is 5.69 Å². The number of para-hydroxylation sites is 1. The molecule has 2 aromatic rings. The van der Waals surface area contributed by atoms with Gasteiger partial charge in [0, 0.05) is 17.7 Å². The summed E-state index contributed by atoms with van der Waals surface area (Å²) in [5.41, 5.74) is 1.86. The van der Waals surface area contributed by atoms with Crippen LogP contribution in [0.5, 0.6) is 11.5 Å². The van der Waals surface area contributed by atoms with Gasteiger partial charge in [0.25, 0.3) is 5.91 Å². The number of amides is 1. The number of methoxy groups -OCH3 is 3. The molecule has 1 amide bonds. The van der Waals surface area contributed by atoms with Crippen molar-refractivity contribution in [3.05, 3.63) is 53.6 Å². The lowest BCUT2D eigenvalue weighted by Crippen LogP contribution is -2.50. The Balaban J connectivity index is 2.14. The maximum Gasteiger partial charge on any atom is 0.329 e. The third-order valence-corrected chi connectivity index (χ3v) is 4.29. The van der Waals surface area contributed by atoms with Gasteiger partial charge in [0.1, 0.15) is 6.04 Å². The van der Waals surface area contributed by atoms with Gasteiger partial charge in [0.05, 0.1) is 21.3 Å². The van der Waals surface area contributed by atoms with Crippen molar-refractivity contribution < 1.29 is 23.8 Å². The normalized spacial score (nSPS) is 16.2. The number of carbonyl (C=O) groups is 2. The largest absolute Gasteiger partial charge is 0.493 e. The zero-order chi connectivity index (χ0) is 18.0. The molecule has 25 heavy (non-hydrogen) atoms. The highest BCUT2D eigenvalue weighted by molar-refractivity contribution is 6.12. The summed E-state index contributed by atoms with van der Waals surface area (Å²) in [5, 5.41) is 0. The molecule has 0 aromatic heterocycles. The van der Waals surface area contributed by atoms with Crippen molar-refractivity contribution in [3.8, 4) is 11.5 Å². The molecule has 0 saturated carbocycles. The number of ether oxygens (including phenoxy) is 3. The van der Waals surface area contributed by atoms with Crippen molar-refractivity contribution in [2.45, 2.75) is 12.5 Å². The van der Waals surface area contributed by atoms with Crippen molar-refractivity contribution in [2.24, 2.45) is 0 Å². The fourth-order valence-electron chi connectivity index (χ4n) is 3.07. The van der Waals surface area contributed by atoms with Gasteiger partial charge in [-0.3, -0.25) is 9.69 Å². The predicted molar refractivity (Wildman–Crippen MR) is 92.3 cm³/mol. The number of esters is 1. The summed E-state index contributed by atoms with van der Waals surface area (Å²) in [4.78, 5) is 26.9. The summed E-state index contributed by atoms with van der Waals surface area (Å²) in [6.45, 7) is 0. The number of hydrogen-bond donors (Lipinski definition) is 0. The molecule has 0 fully saturated rings. The molecule has 0 aliphatic carbocycles. The fraction of sp³-hybridized carbons (Fsp3) is 0.263. The van der Waals surface area contributed by atoms with Crippen LogP contribution in [0.1, 0.15) is 15.9 Å². The first-order chi connectivity index (χ1) is 12.1. The average Bonchev–Trinajstić information content (AvgIpc) is 2.66. The zero-order valence-corrected chi connectivity index (χ0v) is 14.3. The van der Waals surface area contributed by atoms with Crippen LogP contribution in [-0.4, -0.2) is 39.2 Å². The second-order valence-corrected chi connectivity index (χ2v) is 5.62. The van der Waals surface area contributed by atoms with Gasteiger partial charge in [0.15, 0.2) is 11.5 Å². The smallest absolute Gasteiger partial charge is 0.329 e. The highest BCUT2D eigenvalue weighted by atomic mass is 16.5. The Hall–Kier alpha value is -3.02. The number of nitrogens with zero attached hydrogens (tertiary/aromatic N) is 1. The van der Waals surface area contributed by atoms with Crippen molar-refractivity contribution in [1.82, 2.24) is 0 Å². The quantitative estimate of drug-likeness (QED) is 0.799. The monoisotopic (exact) mass is 341 g/mol. The van der Waals surface area contributed by atoms with Crippen molar-refractivity contribution in [3.63, 3.8) is 0 Å². The van der Waals surface area contributed by atoms with E-state index >= 15 is 0 Å². The van der Waals surface area contributed by atoms with Gasteiger partial charge < -0.3 is 14.2 Å². The number of rotatable bonds is 4. The minimum Gasteiger partial charge on any atom is -0.493 e. The number of hydrogen-bond acceptors (Lipinski definition) is 5. The van der Waals surface area contributed by atoms with E-state index in [2.05, 4.69) is 0 Å². The molecule has 0 N–H and O–H groups in total. The van der Waals surface area contributed by atoms with Gasteiger partial charge in [-0.05, 0) is 29.8 Å². The van der Waals surface area contributed by atoms with Crippen molar-refractivity contribution in [1.29, 1.82) is 0 Å². The maximum atomic E-state index is 13.1. The van der Waals surface area contributed by atoms with E-state index in [1.807, 2.05) is 18.2 Å². The van der Waals surface area contributed by atoms with Gasteiger partial charge in [-0.25, -0.2) is 4.79 Å². The molecule has 1 aliphatic rings. The molecule has 1 heterocycles. The van der Waals surface area contributed by atoms with Gasteiger partial charge >= 0.3 is 5.97 Å². The van der Waals surface area contributed by atoms with Crippen LogP contribution in [0.3, 0.4) is 0 Å². The van der Waals surface area contributed by atoms with Gasteiger partial charge in [-0.2, -0.15) is 0 Å². The van der Waals surface area contributed by atoms with Crippen LogP contribution < -0.4 is 14.4 Å². The third-order valence-electron chi connectivity index (χ3n) is 4.29. The first-order valence-corrected chi connectivity index (χ1v) is 7.82. The van der Waals surface area contributed by atoms with Crippen LogP contribution in [-0.2, 0) is 16.0 Å². The van der Waals surface area contributed by atoms with Gasteiger partial charge in [-0.1, -0.05) is 18.2 Å². The molecule has 0 radical (unpaired) electrons. The molecule has 0 saturated heterocycles. The molecule has 0 spiro atoms. The van der Waals surface area contributed by atoms with Crippen LogP contribution >= 0.6 is 0 Å². The predicted octanol–water partition coefficient (Wildman–Crippen LogP) is 2.45. The number of carbonyl (C=O) groups excluding carboxylic acids is 2. The van der Waals surface area contributed by atoms with E-state index < -0.39 is 12.0 Å². The molecule has 6 nitrogen and oxygen atoms in total. The lowest BCUT2D eigenvalue weighted by molar-refractivity contribution is -0.142. The molecule has 1 unspecified atom stereocenters. The van der Waals surface area contributed by atoms with Crippen molar-refractivity contribution >= 4 is 17.6 Å². The minimum atomic E-state index is -0.731. The Morgan fingerprint density at radius 1 is 1.04 bits per heavy atom. The molecule has 2 aromatic carbocycles. The van der Waals surface area contributed by atoms with E-state index in [0.717, 1.165) is 5.56 Å². The summed E-state index contributed by atoms with van der Waals surface area (Å²) in [6, 6.07) is 11.7. The highest BCUT2D eigenvalue weighted by Crippen LogP contribution is 2.36. The van der Waals surface area contributed by atoms with E-state index in [9.17, 15) is 9.59 Å². The fourth-order valence-corrected chi connectivity index (χ4v) is 3.07. The Labute approximate surface area is 145 Å². The third kappa shape index (κ3) is 2.91. The summed E-state index contributed by atoms with van der Waals surface area (Å²) in [7, 11) is 4.37. The number of benzene rings is 2. The SMILES string of the molecule is COC(=O)C1Cc2cc(OC)c(OC)cc2C(=O)N1c1ccccc1. The van der Waals surface area contributed by atoms with Crippen LogP contribution in [0, 0.1) is 0 Å². The molecule has 3 rings (SSSR count). The topological polar surface area (TPSA) is 65.1 Å². The van der Waals surface area contributed by atoms with E-state index in [1.165, 1.54) is 26.2 Å². The molecule has 0 bridgehead atoms. The Morgan fingerprint density at radius 2 is 1.68 bits per heavy atom. The Kier molecular flexibility index (Phi) is 4.61. The maximum absolute atomic E-state index is 13.1. The van der Waals surface area contributed by atoms with Crippen LogP contribution in [0.2, 0.25) is 0 Å². The highest BCUT2D eigenvalue weighted by Gasteiger charge is 2.39. The minimum absolute atomic E-state index is 0.274. The van der Waals surface area contributed by atoms with E-state index in [1.54, 1.807) is 24.3 Å². The summed E-state index contributed by atoms with van der Waals surface area (Å²) < 4.78 is 15.5. The second kappa shape index (κ2) is 6.84. The van der Waals surface area contributed by atoms with Gasteiger partial charge in [-0.15, -0.1) is 0 Å². The summed E-state index contributed by atoms with van der Waals surface area (Å²) in [5.74, 6) is 0.256. The zero-order valence-electron chi connectivity index (χ0n) is 14.3. The lowest BCUT2D eigenvalue weighted by Gasteiger charge is -2.35. The first-order valence-electron chi connectivity index (χ1n) is 7.82. The standard InChI is InChI=1S/C19H19NO5/c1-23-16-10-12-9-15(19(22)25-3)20(13-7-5-4-6-8-13)18(21)14(12)11-17(16)24-2/h4-8,10-11,15H,9H2,1-3H3. The Bertz CT molecular complexity index is 803. The lowest BCUT2D eigenvalue weighted by atomic mass is 9.92. The molecule has 1 aliphatic heterocycles. The molecule has 6 heteroatoms. The molecular formula is C19H19NO5. The summed E-state index contributed by atoms with van der Waals surface area (Å²) >= 11 is 0. The van der Waals surface area contributed by atoms with E-state index in [4.69, 9.17) is 14.2 Å². The van der Waals surface area contributed by atoms with E-state index in [-0.39, 0.29) is 5.91 Å². The Morgan fingerprint density at radius 3 is 2.28 bits per heavy atom. The van der Waals surface area contributed by atoms with Crippen LogP contribution in [0.25, 0.3) is 0 Å². The molecule has 1 atom stereocenters. The van der Waals surface area contributed by atoms with Crippen molar-refractivity contribution in [2.75, 3.05) is 26.2 Å². The summed E-state index contributed by atoms with van der Waals surface area (Å²) in [6.07, 6.45) is 0.336. The second-order valence-electron chi connectivity index (χ2n) is 5.62. The molecular weight excluding hydrogens is 322 g/mol. The molecule has 130 valence electrons. The number of anilines is 1. The average molecular weight is 341 g/mol. The van der Waals surface area contributed by atoms with Gasteiger partial charge in [0.2, 0.25) is 0 Å². The number of fused-ring (bicyclic) bond motifs is 1. The first kappa shape index (κ1) is 16.8.